The molecule has 0 aliphatic rings. The van der Waals surface area contributed by atoms with E-state index in [0.29, 0.717) is 0 Å². The second-order valence-corrected chi connectivity index (χ2v) is 16.3. The number of hydrogen-bond acceptors (Lipinski definition) is 0. The number of benzene rings is 12. The Balaban J connectivity index is 0.000000144. The van der Waals surface area contributed by atoms with Crippen LogP contribution in [0.2, 0.25) is 0 Å². The van der Waals surface area contributed by atoms with E-state index < -0.39 is 0 Å². The zero-order valence-electron chi connectivity index (χ0n) is 32.2. The molecule has 0 aromatic heterocycles. The minimum atomic E-state index is 1.09. The minimum Gasteiger partial charge on any atom is -0.0616 e. The molecule has 0 atom stereocenters. The second-order valence-electron chi connectivity index (χ2n) is 15.4. The van der Waals surface area contributed by atoms with Crippen molar-refractivity contribution in [1.29, 1.82) is 0 Å². The first-order chi connectivity index (χ1) is 29.1. The number of hydrogen-bond donors (Lipinski definition) is 0. The van der Waals surface area contributed by atoms with Crippen molar-refractivity contribution < 1.29 is 0 Å². The summed E-state index contributed by atoms with van der Waals surface area (Å²) in [4.78, 5) is 0. The van der Waals surface area contributed by atoms with E-state index in [0.717, 1.165) is 4.47 Å². The summed E-state index contributed by atoms with van der Waals surface area (Å²) < 4.78 is 1.09. The van der Waals surface area contributed by atoms with Crippen LogP contribution in [0.15, 0.2) is 229 Å². The molecule has 0 heterocycles. The van der Waals surface area contributed by atoms with Crippen LogP contribution in [0.4, 0.5) is 0 Å². The van der Waals surface area contributed by atoms with Gasteiger partial charge in [0.1, 0.15) is 0 Å². The van der Waals surface area contributed by atoms with Crippen molar-refractivity contribution in [2.24, 2.45) is 0 Å². The van der Waals surface area contributed by atoms with Crippen molar-refractivity contribution in [3.05, 3.63) is 229 Å². The van der Waals surface area contributed by atoms with Crippen LogP contribution < -0.4 is 0 Å². The molecular weight excluding hydrogens is 777 g/mol. The fourth-order valence-electron chi connectivity index (χ4n) is 9.04. The molecule has 0 spiro atoms. The van der Waals surface area contributed by atoms with Crippen molar-refractivity contribution in [3.63, 3.8) is 0 Å². The Bertz CT molecular complexity index is 3580. The van der Waals surface area contributed by atoms with Crippen LogP contribution in [0.25, 0.3) is 109 Å². The van der Waals surface area contributed by atoms with E-state index in [-0.39, 0.29) is 0 Å². The number of fused-ring (bicyclic) bond motifs is 7. The molecule has 0 amide bonds. The van der Waals surface area contributed by atoms with Crippen LogP contribution >= 0.6 is 15.9 Å². The molecule has 0 aliphatic carbocycles. The van der Waals surface area contributed by atoms with Crippen LogP contribution in [0.1, 0.15) is 0 Å². The van der Waals surface area contributed by atoms with Gasteiger partial charge in [0.25, 0.3) is 0 Å². The Hall–Kier alpha value is -7.06. The fourth-order valence-corrected chi connectivity index (χ4v) is 9.40. The largest absolute Gasteiger partial charge is 0.0616 e. The molecule has 0 saturated carbocycles. The van der Waals surface area contributed by atoms with Gasteiger partial charge >= 0.3 is 0 Å². The summed E-state index contributed by atoms with van der Waals surface area (Å²) in [6.45, 7) is 0. The molecular formula is C58H37Br. The highest BCUT2D eigenvalue weighted by atomic mass is 79.9. The van der Waals surface area contributed by atoms with Crippen LogP contribution in [0.3, 0.4) is 0 Å². The molecule has 0 nitrogen and oxygen atoms in total. The average Bonchev–Trinajstić information content (AvgIpc) is 3.29. The smallest absolute Gasteiger partial charge is 0.0181 e. The monoisotopic (exact) mass is 812 g/mol. The first-order valence-corrected chi connectivity index (χ1v) is 21.0. The summed E-state index contributed by atoms with van der Waals surface area (Å²) in [7, 11) is 0. The lowest BCUT2D eigenvalue weighted by Gasteiger charge is -2.18. The lowest BCUT2D eigenvalue weighted by atomic mass is 9.85. The molecule has 0 radical (unpaired) electrons. The van der Waals surface area contributed by atoms with E-state index in [1.54, 1.807) is 0 Å². The molecule has 0 aliphatic heterocycles. The Morgan fingerprint density at radius 2 is 0.627 bits per heavy atom. The maximum absolute atomic E-state index is 3.76. The van der Waals surface area contributed by atoms with Crippen molar-refractivity contribution in [2.45, 2.75) is 0 Å². The third-order valence-electron chi connectivity index (χ3n) is 11.9. The summed E-state index contributed by atoms with van der Waals surface area (Å²) in [5.41, 5.74) is 7.63. The van der Waals surface area contributed by atoms with E-state index in [1.165, 1.54) is 109 Å². The van der Waals surface area contributed by atoms with Gasteiger partial charge in [-0.05, 0) is 151 Å². The summed E-state index contributed by atoms with van der Waals surface area (Å²) in [6, 6.07) is 81.4. The first kappa shape index (κ1) is 35.1. The Morgan fingerprint density at radius 3 is 1.19 bits per heavy atom. The Morgan fingerprint density at radius 1 is 0.220 bits per heavy atom. The van der Waals surface area contributed by atoms with Gasteiger partial charge in [0.05, 0.1) is 0 Å². The molecule has 1 heteroatoms. The molecule has 0 fully saturated rings. The van der Waals surface area contributed by atoms with E-state index >= 15 is 0 Å². The predicted molar refractivity (Wildman–Crippen MR) is 259 cm³/mol. The van der Waals surface area contributed by atoms with Gasteiger partial charge in [-0.1, -0.05) is 198 Å². The standard InChI is InChI=1S/C34H21Br.C24H16/c35-28-17-18-31-32(21-28)34(27-16-14-23-8-2-4-10-25(23)20-27)30-12-6-5-11-29(30)33(31)26-15-13-22-7-1-3-9-24(22)19-26;1-2-7-18-14-22(13-12-17(18)6-1)23-11-5-10-21-15-19-8-3-4-9-20(19)16-24(21)23/h1-21H;1-16H. The summed E-state index contributed by atoms with van der Waals surface area (Å²) in [5, 5.41) is 17.9. The maximum atomic E-state index is 3.76. The zero-order chi connectivity index (χ0) is 39.3. The van der Waals surface area contributed by atoms with Crippen molar-refractivity contribution in [3.8, 4) is 33.4 Å². The SMILES string of the molecule is Brc1ccc2c(-c3ccc4ccccc4c3)c3ccccc3c(-c3ccc4ccccc4c3)c2c1.c1ccc2cc(-c3cccc4cc5ccccc5cc34)ccc2c1. The molecule has 12 aromatic rings. The molecule has 276 valence electrons. The lowest BCUT2D eigenvalue weighted by molar-refractivity contribution is 1.66. The van der Waals surface area contributed by atoms with Gasteiger partial charge in [-0.15, -0.1) is 0 Å². The third-order valence-corrected chi connectivity index (χ3v) is 12.4. The quantitative estimate of drug-likeness (QED) is 0.156. The van der Waals surface area contributed by atoms with Crippen LogP contribution in [0, 0.1) is 0 Å². The zero-order valence-corrected chi connectivity index (χ0v) is 33.8. The Labute approximate surface area is 351 Å². The van der Waals surface area contributed by atoms with Gasteiger partial charge in [-0.3, -0.25) is 0 Å². The van der Waals surface area contributed by atoms with Gasteiger partial charge < -0.3 is 0 Å². The Kier molecular flexibility index (Phi) is 8.76. The molecule has 0 N–H and O–H groups in total. The lowest BCUT2D eigenvalue weighted by Crippen LogP contribution is -1.91. The molecule has 0 bridgehead atoms. The highest BCUT2D eigenvalue weighted by Crippen LogP contribution is 2.45. The van der Waals surface area contributed by atoms with E-state index in [1.807, 2.05) is 0 Å². The first-order valence-electron chi connectivity index (χ1n) is 20.2. The van der Waals surface area contributed by atoms with Crippen LogP contribution in [-0.2, 0) is 0 Å². The fraction of sp³-hybridized carbons (Fsp3) is 0. The number of halogens is 1. The van der Waals surface area contributed by atoms with Gasteiger partial charge in [-0.2, -0.15) is 0 Å². The van der Waals surface area contributed by atoms with Gasteiger partial charge in [0.2, 0.25) is 0 Å². The van der Waals surface area contributed by atoms with Crippen molar-refractivity contribution >= 4 is 91.3 Å². The molecule has 0 unspecified atom stereocenters. The van der Waals surface area contributed by atoms with E-state index in [2.05, 4.69) is 240 Å². The average molecular weight is 814 g/mol. The van der Waals surface area contributed by atoms with Crippen molar-refractivity contribution in [2.75, 3.05) is 0 Å². The van der Waals surface area contributed by atoms with Crippen LogP contribution in [0.5, 0.6) is 0 Å². The maximum Gasteiger partial charge on any atom is 0.0181 e. The summed E-state index contributed by atoms with van der Waals surface area (Å²) >= 11 is 3.76. The second kappa shape index (κ2) is 14.7. The molecule has 0 saturated heterocycles. The third kappa shape index (κ3) is 6.41. The minimum absolute atomic E-state index is 1.09. The predicted octanol–water partition coefficient (Wildman–Crippen LogP) is 17.2. The van der Waals surface area contributed by atoms with Gasteiger partial charge in [-0.25, -0.2) is 0 Å². The number of rotatable bonds is 3. The van der Waals surface area contributed by atoms with Gasteiger partial charge in [0, 0.05) is 4.47 Å². The van der Waals surface area contributed by atoms with E-state index in [4.69, 9.17) is 0 Å². The highest BCUT2D eigenvalue weighted by Gasteiger charge is 2.17. The van der Waals surface area contributed by atoms with Crippen LogP contribution in [-0.4, -0.2) is 0 Å². The van der Waals surface area contributed by atoms with Crippen molar-refractivity contribution in [1.82, 2.24) is 0 Å². The molecule has 12 rings (SSSR count). The molecule has 59 heavy (non-hydrogen) atoms. The summed E-state index contributed by atoms with van der Waals surface area (Å²) in [5.74, 6) is 0. The molecule has 12 aromatic carbocycles. The topological polar surface area (TPSA) is 0 Å². The summed E-state index contributed by atoms with van der Waals surface area (Å²) in [6.07, 6.45) is 0. The van der Waals surface area contributed by atoms with E-state index in [9.17, 15) is 0 Å². The van der Waals surface area contributed by atoms with Gasteiger partial charge in [0.15, 0.2) is 0 Å². The highest BCUT2D eigenvalue weighted by molar-refractivity contribution is 9.10. The normalized spacial score (nSPS) is 11.5.